The smallest absolute Gasteiger partial charge is 0.0763 e. The van der Waals surface area contributed by atoms with Crippen LogP contribution in [0.15, 0.2) is 24.3 Å². The third kappa shape index (κ3) is 2.59. The molecule has 0 radical (unpaired) electrons. The highest BCUT2D eigenvalue weighted by molar-refractivity contribution is 5.18. The first-order valence-corrected chi connectivity index (χ1v) is 8.86. The van der Waals surface area contributed by atoms with Crippen LogP contribution in [0.2, 0.25) is 0 Å². The Balaban J connectivity index is 2.41. The van der Waals surface area contributed by atoms with E-state index in [0.717, 1.165) is 37.7 Å². The van der Waals surface area contributed by atoms with Crippen LogP contribution in [0, 0.1) is 22.7 Å². The van der Waals surface area contributed by atoms with E-state index >= 15 is 0 Å². The highest BCUT2D eigenvalue weighted by Crippen LogP contribution is 2.63. The zero-order chi connectivity index (χ0) is 16.6. The summed E-state index contributed by atoms with van der Waals surface area (Å²) in [4.78, 5) is 0. The summed E-state index contributed by atoms with van der Waals surface area (Å²) in [7, 11) is 0. The summed E-state index contributed by atoms with van der Waals surface area (Å²) < 4.78 is 0. The fourth-order valence-electron chi connectivity index (χ4n) is 5.40. The van der Waals surface area contributed by atoms with Crippen molar-refractivity contribution in [2.24, 2.45) is 22.7 Å². The number of allylic oxidation sites excluding steroid dienone is 2. The second-order valence-corrected chi connectivity index (χ2v) is 8.39. The summed E-state index contributed by atoms with van der Waals surface area (Å²) in [6.07, 6.45) is 10.1. The predicted octanol–water partition coefficient (Wildman–Crippen LogP) is 4.47. The first kappa shape index (κ1) is 17.7. The molecule has 2 aliphatic rings. The maximum Gasteiger partial charge on any atom is 0.0763 e. The number of aliphatic hydroxyl groups is 2. The molecule has 0 aromatic heterocycles. The second-order valence-electron chi connectivity index (χ2n) is 8.39. The van der Waals surface area contributed by atoms with Crippen LogP contribution in [-0.4, -0.2) is 22.4 Å². The highest BCUT2D eigenvalue weighted by Gasteiger charge is 2.61. The van der Waals surface area contributed by atoms with Crippen LogP contribution in [0.5, 0.6) is 0 Å². The average molecular weight is 306 g/mol. The lowest BCUT2D eigenvalue weighted by atomic mass is 9.44. The van der Waals surface area contributed by atoms with Gasteiger partial charge in [0.1, 0.15) is 0 Å². The van der Waals surface area contributed by atoms with Crippen molar-refractivity contribution in [2.75, 3.05) is 6.61 Å². The molecule has 0 heterocycles. The van der Waals surface area contributed by atoms with E-state index in [-0.39, 0.29) is 17.4 Å². The van der Waals surface area contributed by atoms with Gasteiger partial charge in [-0.15, -0.1) is 0 Å². The lowest BCUT2D eigenvalue weighted by Gasteiger charge is -2.63. The molecule has 2 nitrogen and oxygen atoms in total. The molecule has 2 rings (SSSR count). The molecule has 2 heteroatoms. The molecule has 2 saturated carbocycles. The first-order valence-electron chi connectivity index (χ1n) is 8.86. The Morgan fingerprint density at radius 2 is 1.95 bits per heavy atom. The normalized spacial score (nSPS) is 46.2. The van der Waals surface area contributed by atoms with Crippen LogP contribution in [0.25, 0.3) is 0 Å². The lowest BCUT2D eigenvalue weighted by molar-refractivity contribution is -0.215. The highest BCUT2D eigenvalue weighted by atomic mass is 16.3. The fourth-order valence-corrected chi connectivity index (χ4v) is 5.40. The Hall–Kier alpha value is -0.600. The van der Waals surface area contributed by atoms with E-state index in [1.807, 2.05) is 13.0 Å². The van der Waals surface area contributed by atoms with Gasteiger partial charge in [-0.25, -0.2) is 0 Å². The Morgan fingerprint density at radius 3 is 2.55 bits per heavy atom. The fraction of sp³-hybridized carbons (Fsp3) is 0.800. The minimum Gasteiger partial charge on any atom is -0.396 e. The van der Waals surface area contributed by atoms with Crippen LogP contribution >= 0.6 is 0 Å². The van der Waals surface area contributed by atoms with Crippen molar-refractivity contribution in [1.82, 2.24) is 0 Å². The molecule has 2 fully saturated rings. The SMILES string of the molecule is C=CC(C)=CCC1(O)C(C)CCC2C(C)(CO)CCCC21C. The molecule has 0 spiro atoms. The van der Waals surface area contributed by atoms with E-state index in [1.165, 1.54) is 0 Å². The maximum absolute atomic E-state index is 11.7. The Bertz CT molecular complexity index is 455. The van der Waals surface area contributed by atoms with Crippen LogP contribution in [0.4, 0.5) is 0 Å². The second kappa shape index (κ2) is 6.13. The zero-order valence-electron chi connectivity index (χ0n) is 14.9. The predicted molar refractivity (Wildman–Crippen MR) is 92.6 cm³/mol. The van der Waals surface area contributed by atoms with Gasteiger partial charge in [-0.1, -0.05) is 51.5 Å². The number of aliphatic hydroxyl groups excluding tert-OH is 1. The Labute approximate surface area is 136 Å². The molecule has 0 aliphatic heterocycles. The third-order valence-electron chi connectivity index (χ3n) is 7.17. The van der Waals surface area contributed by atoms with Gasteiger partial charge in [0.05, 0.1) is 5.60 Å². The van der Waals surface area contributed by atoms with E-state index in [4.69, 9.17) is 0 Å². The average Bonchev–Trinajstić information content (AvgIpc) is 2.50. The lowest BCUT2D eigenvalue weighted by Crippen LogP contribution is -2.63. The summed E-state index contributed by atoms with van der Waals surface area (Å²) in [5.41, 5.74) is 0.292. The van der Waals surface area contributed by atoms with Crippen LogP contribution < -0.4 is 0 Å². The third-order valence-corrected chi connectivity index (χ3v) is 7.17. The van der Waals surface area contributed by atoms with E-state index in [1.54, 1.807) is 0 Å². The molecule has 0 bridgehead atoms. The van der Waals surface area contributed by atoms with E-state index in [2.05, 4.69) is 33.4 Å². The molecule has 5 unspecified atom stereocenters. The zero-order valence-corrected chi connectivity index (χ0v) is 14.9. The van der Waals surface area contributed by atoms with Crippen molar-refractivity contribution in [1.29, 1.82) is 0 Å². The molecule has 5 atom stereocenters. The van der Waals surface area contributed by atoms with Gasteiger partial charge >= 0.3 is 0 Å². The molecule has 2 aliphatic carbocycles. The van der Waals surface area contributed by atoms with Crippen molar-refractivity contribution >= 4 is 0 Å². The van der Waals surface area contributed by atoms with Crippen molar-refractivity contribution in [3.63, 3.8) is 0 Å². The first-order chi connectivity index (χ1) is 10.2. The van der Waals surface area contributed by atoms with Gasteiger partial charge in [0.25, 0.3) is 0 Å². The molecule has 126 valence electrons. The largest absolute Gasteiger partial charge is 0.396 e. The number of fused-ring (bicyclic) bond motifs is 1. The molecule has 0 aromatic rings. The van der Waals surface area contributed by atoms with E-state index in [0.29, 0.717) is 18.3 Å². The van der Waals surface area contributed by atoms with Crippen LogP contribution in [0.1, 0.15) is 66.2 Å². The minimum atomic E-state index is -0.683. The topological polar surface area (TPSA) is 40.5 Å². The van der Waals surface area contributed by atoms with Gasteiger partial charge in [0.2, 0.25) is 0 Å². The van der Waals surface area contributed by atoms with Gasteiger partial charge in [-0.3, -0.25) is 0 Å². The summed E-state index contributed by atoms with van der Waals surface area (Å²) in [5, 5.41) is 21.7. The maximum atomic E-state index is 11.7. The summed E-state index contributed by atoms with van der Waals surface area (Å²) in [6, 6.07) is 0. The van der Waals surface area contributed by atoms with Gasteiger partial charge in [-0.2, -0.15) is 0 Å². The molecule has 0 aromatic carbocycles. The van der Waals surface area contributed by atoms with Crippen LogP contribution in [-0.2, 0) is 0 Å². The molecular formula is C20H34O2. The summed E-state index contributed by atoms with van der Waals surface area (Å²) in [5.74, 6) is 0.695. The standard InChI is InChI=1S/C20H34O2/c1-6-15(2)10-13-20(22)16(3)8-9-17-18(4,14-21)11-7-12-19(17,20)5/h6,10,16-17,21-22H,1,7-9,11-14H2,2-5H3. The molecule has 0 saturated heterocycles. The van der Waals surface area contributed by atoms with Gasteiger partial charge in [0, 0.05) is 12.0 Å². The molecule has 2 N–H and O–H groups in total. The van der Waals surface area contributed by atoms with Crippen molar-refractivity contribution in [3.05, 3.63) is 24.3 Å². The van der Waals surface area contributed by atoms with Gasteiger partial charge in [-0.05, 0) is 56.3 Å². The Kier molecular flexibility index (Phi) is 4.94. The van der Waals surface area contributed by atoms with Crippen LogP contribution in [0.3, 0.4) is 0 Å². The van der Waals surface area contributed by atoms with Crippen molar-refractivity contribution in [3.8, 4) is 0 Å². The number of rotatable bonds is 4. The van der Waals surface area contributed by atoms with E-state index < -0.39 is 5.60 Å². The van der Waals surface area contributed by atoms with Gasteiger partial charge in [0.15, 0.2) is 0 Å². The summed E-state index contributed by atoms with van der Waals surface area (Å²) >= 11 is 0. The van der Waals surface area contributed by atoms with Crippen molar-refractivity contribution in [2.45, 2.75) is 71.8 Å². The Morgan fingerprint density at radius 1 is 1.27 bits per heavy atom. The number of hydrogen-bond donors (Lipinski definition) is 2. The summed E-state index contributed by atoms with van der Waals surface area (Å²) in [6.45, 7) is 12.8. The molecule has 22 heavy (non-hydrogen) atoms. The number of hydrogen-bond acceptors (Lipinski definition) is 2. The van der Waals surface area contributed by atoms with Crippen molar-refractivity contribution < 1.29 is 10.2 Å². The molecule has 0 amide bonds. The monoisotopic (exact) mass is 306 g/mol. The quantitative estimate of drug-likeness (QED) is 0.752. The van der Waals surface area contributed by atoms with E-state index in [9.17, 15) is 10.2 Å². The minimum absolute atomic E-state index is 0.0433. The molecular weight excluding hydrogens is 272 g/mol. The van der Waals surface area contributed by atoms with Gasteiger partial charge < -0.3 is 10.2 Å².